The second-order valence-electron chi connectivity index (χ2n) is 4.57. The second-order valence-corrected chi connectivity index (χ2v) is 6.89. The highest BCUT2D eigenvalue weighted by Gasteiger charge is 2.32. The van der Waals surface area contributed by atoms with Crippen molar-refractivity contribution >= 4 is 32.8 Å². The average molecular weight is 335 g/mol. The summed E-state index contributed by atoms with van der Waals surface area (Å²) in [5.41, 5.74) is 0.891. The number of sulfone groups is 1. The van der Waals surface area contributed by atoms with E-state index in [4.69, 9.17) is 16.9 Å². The number of allylic oxidation sites excluding steroid dienone is 1. The van der Waals surface area contributed by atoms with Gasteiger partial charge in [-0.3, -0.25) is 0 Å². The first-order valence-corrected chi connectivity index (χ1v) is 8.01. The van der Waals surface area contributed by atoms with Crippen LogP contribution < -0.4 is 4.90 Å². The van der Waals surface area contributed by atoms with Crippen LogP contribution in [-0.4, -0.2) is 8.42 Å². The van der Waals surface area contributed by atoms with Gasteiger partial charge in [0.25, 0.3) is 0 Å². The van der Waals surface area contributed by atoms with Gasteiger partial charge >= 0.3 is 0 Å². The Bertz CT molecular complexity index is 931. The van der Waals surface area contributed by atoms with Gasteiger partial charge in [-0.25, -0.2) is 12.8 Å². The first kappa shape index (κ1) is 14.6. The molecule has 0 N–H and O–H groups in total. The van der Waals surface area contributed by atoms with Crippen LogP contribution in [0, 0.1) is 17.1 Å². The lowest BCUT2D eigenvalue weighted by molar-refractivity contribution is 0.596. The van der Waals surface area contributed by atoms with E-state index in [0.717, 1.165) is 6.07 Å². The molecule has 0 fully saturated rings. The fourth-order valence-electron chi connectivity index (χ4n) is 2.18. The molecule has 1 aliphatic heterocycles. The normalized spacial score (nSPS) is 15.7. The molecule has 0 bridgehead atoms. The highest BCUT2D eigenvalue weighted by Crippen LogP contribution is 2.39. The minimum absolute atomic E-state index is 0.235. The van der Waals surface area contributed by atoms with E-state index in [1.807, 2.05) is 0 Å². The van der Waals surface area contributed by atoms with Crippen molar-refractivity contribution in [3.05, 3.63) is 64.4 Å². The van der Waals surface area contributed by atoms with E-state index in [-0.39, 0.29) is 10.6 Å². The number of fused-ring (bicyclic) bond motifs is 1. The van der Waals surface area contributed by atoms with Crippen LogP contribution in [0.25, 0.3) is 0 Å². The monoisotopic (exact) mass is 334 g/mol. The van der Waals surface area contributed by atoms with Gasteiger partial charge in [0.05, 0.1) is 10.6 Å². The molecule has 0 radical (unpaired) electrons. The van der Waals surface area contributed by atoms with Crippen molar-refractivity contribution < 1.29 is 12.8 Å². The van der Waals surface area contributed by atoms with Crippen LogP contribution in [0.3, 0.4) is 0 Å². The zero-order valence-electron chi connectivity index (χ0n) is 11.0. The van der Waals surface area contributed by atoms with Crippen LogP contribution in [0.2, 0.25) is 5.02 Å². The van der Waals surface area contributed by atoms with Gasteiger partial charge in [0, 0.05) is 16.9 Å². The molecule has 0 aliphatic carbocycles. The maximum Gasteiger partial charge on any atom is 0.220 e. The van der Waals surface area contributed by atoms with E-state index >= 15 is 0 Å². The minimum atomic E-state index is -4.01. The first-order valence-electron chi connectivity index (χ1n) is 6.15. The summed E-state index contributed by atoms with van der Waals surface area (Å²) in [5.74, 6) is -0.683. The zero-order chi connectivity index (χ0) is 15.9. The van der Waals surface area contributed by atoms with E-state index in [0.29, 0.717) is 10.7 Å². The number of hydrogen-bond acceptors (Lipinski definition) is 4. The summed E-state index contributed by atoms with van der Waals surface area (Å²) in [6.45, 7) is 0. The quantitative estimate of drug-likeness (QED) is 0.796. The lowest BCUT2D eigenvalue weighted by Crippen LogP contribution is -2.21. The summed E-state index contributed by atoms with van der Waals surface area (Å²) in [5, 5.41) is 9.62. The summed E-state index contributed by atoms with van der Waals surface area (Å²) >= 11 is 5.84. The summed E-state index contributed by atoms with van der Waals surface area (Å²) < 4.78 is 38.1. The number of halogens is 2. The molecule has 4 nitrogen and oxygen atoms in total. The Morgan fingerprint density at radius 3 is 2.45 bits per heavy atom. The Kier molecular flexibility index (Phi) is 3.39. The molecule has 0 spiro atoms. The summed E-state index contributed by atoms with van der Waals surface area (Å²) in [4.78, 5) is 0.840. The molecule has 0 saturated carbocycles. The molecule has 2 aromatic carbocycles. The molecule has 2 aromatic rings. The standard InChI is InChI=1S/C15H8ClFN2O2S/c16-10-1-4-12(5-2-10)19-9-13(8-18)22(20,21)15-7-11(17)3-6-14(15)19/h1-7,9H. The second kappa shape index (κ2) is 5.13. The number of nitrogens with zero attached hydrogens (tertiary/aromatic N) is 2. The Labute approximate surface area is 131 Å². The van der Waals surface area contributed by atoms with Crippen LogP contribution in [0.15, 0.2) is 58.5 Å². The van der Waals surface area contributed by atoms with Gasteiger partial charge in [0.2, 0.25) is 9.84 Å². The molecule has 110 valence electrons. The van der Waals surface area contributed by atoms with Gasteiger partial charge in [0.15, 0.2) is 4.91 Å². The number of nitriles is 1. The van der Waals surface area contributed by atoms with Gasteiger partial charge in [-0.15, -0.1) is 0 Å². The summed E-state index contributed by atoms with van der Waals surface area (Å²) in [6, 6.07) is 11.7. The van der Waals surface area contributed by atoms with Crippen LogP contribution in [0.5, 0.6) is 0 Å². The highest BCUT2D eigenvalue weighted by molar-refractivity contribution is 7.95. The Hall–Kier alpha value is -2.36. The Balaban J connectivity index is 2.28. The fraction of sp³-hybridized carbons (Fsp3) is 0. The molecule has 0 aromatic heterocycles. The fourth-order valence-corrected chi connectivity index (χ4v) is 3.62. The predicted octanol–water partition coefficient (Wildman–Crippen LogP) is 3.77. The van der Waals surface area contributed by atoms with Gasteiger partial charge < -0.3 is 4.90 Å². The van der Waals surface area contributed by atoms with E-state index in [1.165, 1.54) is 23.2 Å². The first-order chi connectivity index (χ1) is 10.4. The van der Waals surface area contributed by atoms with Crippen molar-refractivity contribution in [1.29, 1.82) is 5.26 Å². The molecule has 7 heteroatoms. The minimum Gasteiger partial charge on any atom is -0.314 e. The van der Waals surface area contributed by atoms with Crippen molar-refractivity contribution in [1.82, 2.24) is 0 Å². The van der Waals surface area contributed by atoms with Gasteiger partial charge in [-0.05, 0) is 42.5 Å². The van der Waals surface area contributed by atoms with Crippen molar-refractivity contribution in [2.45, 2.75) is 4.90 Å². The lowest BCUT2D eigenvalue weighted by atomic mass is 10.2. The van der Waals surface area contributed by atoms with Crippen molar-refractivity contribution in [3.8, 4) is 6.07 Å². The number of hydrogen-bond donors (Lipinski definition) is 0. The maximum atomic E-state index is 13.4. The van der Waals surface area contributed by atoms with E-state index in [9.17, 15) is 12.8 Å². The zero-order valence-corrected chi connectivity index (χ0v) is 12.6. The maximum absolute atomic E-state index is 13.4. The Morgan fingerprint density at radius 1 is 1.14 bits per heavy atom. The molecule has 0 amide bonds. The predicted molar refractivity (Wildman–Crippen MR) is 80.9 cm³/mol. The number of anilines is 2. The number of rotatable bonds is 1. The smallest absolute Gasteiger partial charge is 0.220 e. The molecule has 22 heavy (non-hydrogen) atoms. The lowest BCUT2D eigenvalue weighted by Gasteiger charge is -2.27. The summed E-state index contributed by atoms with van der Waals surface area (Å²) in [6.07, 6.45) is 1.22. The highest BCUT2D eigenvalue weighted by atomic mass is 35.5. The molecule has 0 unspecified atom stereocenters. The third-order valence-electron chi connectivity index (χ3n) is 3.22. The van der Waals surface area contributed by atoms with E-state index in [1.54, 1.807) is 30.3 Å². The molecule has 3 rings (SSSR count). The molecule has 0 atom stereocenters. The molecule has 1 heterocycles. The van der Waals surface area contributed by atoms with Gasteiger partial charge in [0.1, 0.15) is 11.9 Å². The molecule has 0 saturated heterocycles. The third kappa shape index (κ3) is 2.25. The van der Waals surface area contributed by atoms with E-state index < -0.39 is 20.6 Å². The van der Waals surface area contributed by atoms with Gasteiger partial charge in [-0.2, -0.15) is 5.26 Å². The topological polar surface area (TPSA) is 61.2 Å². The largest absolute Gasteiger partial charge is 0.314 e. The van der Waals surface area contributed by atoms with Crippen LogP contribution in [0.4, 0.5) is 15.8 Å². The summed E-state index contributed by atoms with van der Waals surface area (Å²) in [7, 11) is -4.01. The van der Waals surface area contributed by atoms with Crippen molar-refractivity contribution in [2.75, 3.05) is 4.90 Å². The van der Waals surface area contributed by atoms with Crippen molar-refractivity contribution in [2.24, 2.45) is 0 Å². The van der Waals surface area contributed by atoms with Gasteiger partial charge in [-0.1, -0.05) is 11.6 Å². The SMILES string of the molecule is N#CC1=CN(c2ccc(Cl)cc2)c2ccc(F)cc2S1(=O)=O. The van der Waals surface area contributed by atoms with Crippen LogP contribution >= 0.6 is 11.6 Å². The molecular formula is C15H8ClFN2O2S. The average Bonchev–Trinajstić information content (AvgIpc) is 2.49. The van der Waals surface area contributed by atoms with Crippen LogP contribution in [-0.2, 0) is 9.84 Å². The van der Waals surface area contributed by atoms with Crippen molar-refractivity contribution in [3.63, 3.8) is 0 Å². The van der Waals surface area contributed by atoms with Crippen LogP contribution in [0.1, 0.15) is 0 Å². The number of benzene rings is 2. The Morgan fingerprint density at radius 2 is 1.82 bits per heavy atom. The molecule has 1 aliphatic rings. The third-order valence-corrected chi connectivity index (χ3v) is 5.16. The molecular weight excluding hydrogens is 327 g/mol. The van der Waals surface area contributed by atoms with E-state index in [2.05, 4.69) is 0 Å².